The Labute approximate surface area is 134 Å². The van der Waals surface area contributed by atoms with Gasteiger partial charge in [0.2, 0.25) is 5.78 Å². The zero-order valence-corrected chi connectivity index (χ0v) is 12.2. The predicted octanol–water partition coefficient (Wildman–Crippen LogP) is 2.78. The van der Waals surface area contributed by atoms with Gasteiger partial charge >= 0.3 is 5.97 Å². The number of nitro groups is 1. The number of hydrogen-bond donors (Lipinski definition) is 0. The van der Waals surface area contributed by atoms with E-state index in [2.05, 4.69) is 4.98 Å². The molecule has 3 aromatic rings. The van der Waals surface area contributed by atoms with Crippen molar-refractivity contribution in [3.8, 4) is 0 Å². The number of carbonyl (C=O) groups is 2. The van der Waals surface area contributed by atoms with Crippen LogP contribution in [0.2, 0.25) is 0 Å². The van der Waals surface area contributed by atoms with Crippen molar-refractivity contribution in [1.29, 1.82) is 0 Å². The molecule has 0 radical (unpaired) electrons. The van der Waals surface area contributed by atoms with Crippen LogP contribution < -0.4 is 0 Å². The van der Waals surface area contributed by atoms with E-state index in [4.69, 9.17) is 9.15 Å². The average molecular weight is 326 g/mol. The summed E-state index contributed by atoms with van der Waals surface area (Å²) in [4.78, 5) is 38.0. The monoisotopic (exact) mass is 326 g/mol. The molecule has 0 saturated carbocycles. The maximum atomic E-state index is 12.0. The van der Waals surface area contributed by atoms with Crippen LogP contribution in [0.5, 0.6) is 0 Å². The first-order chi connectivity index (χ1) is 11.5. The highest BCUT2D eigenvalue weighted by molar-refractivity contribution is 6.00. The van der Waals surface area contributed by atoms with Crippen LogP contribution in [0.15, 0.2) is 53.3 Å². The fourth-order valence-corrected chi connectivity index (χ4v) is 2.08. The summed E-state index contributed by atoms with van der Waals surface area (Å²) < 4.78 is 10.0. The van der Waals surface area contributed by atoms with E-state index in [1.54, 1.807) is 6.07 Å². The maximum absolute atomic E-state index is 12.0. The summed E-state index contributed by atoms with van der Waals surface area (Å²) >= 11 is 0. The van der Waals surface area contributed by atoms with Gasteiger partial charge in [0.15, 0.2) is 18.6 Å². The van der Waals surface area contributed by atoms with Crippen LogP contribution in [0.3, 0.4) is 0 Å². The lowest BCUT2D eigenvalue weighted by Crippen LogP contribution is -2.14. The number of hydrogen-bond acceptors (Lipinski definition) is 7. The van der Waals surface area contributed by atoms with E-state index in [-0.39, 0.29) is 16.8 Å². The van der Waals surface area contributed by atoms with Gasteiger partial charge in [0, 0.05) is 17.7 Å². The summed E-state index contributed by atoms with van der Waals surface area (Å²) in [5.41, 5.74) is 1.14. The van der Waals surface area contributed by atoms with Crippen LogP contribution in [0.1, 0.15) is 20.7 Å². The average Bonchev–Trinajstić information content (AvgIpc) is 3.07. The topological polar surface area (TPSA) is 113 Å². The third-order valence-electron chi connectivity index (χ3n) is 3.28. The minimum Gasteiger partial charge on any atom is -0.454 e. The van der Waals surface area contributed by atoms with E-state index < -0.39 is 23.3 Å². The molecule has 0 spiro atoms. The van der Waals surface area contributed by atoms with E-state index in [1.807, 2.05) is 0 Å². The summed E-state index contributed by atoms with van der Waals surface area (Å²) in [5, 5.41) is 10.7. The summed E-state index contributed by atoms with van der Waals surface area (Å²) in [5.74, 6) is -1.23. The fourth-order valence-electron chi connectivity index (χ4n) is 2.08. The normalized spacial score (nSPS) is 10.5. The van der Waals surface area contributed by atoms with Gasteiger partial charge in [0.05, 0.1) is 10.5 Å². The lowest BCUT2D eigenvalue weighted by atomic mass is 10.1. The third-order valence-corrected chi connectivity index (χ3v) is 3.28. The molecule has 3 rings (SSSR count). The molecule has 0 saturated heterocycles. The Hall–Kier alpha value is -3.55. The fraction of sp³-hybridized carbons (Fsp3) is 0.0625. The lowest BCUT2D eigenvalue weighted by molar-refractivity contribution is -0.384. The Morgan fingerprint density at radius 2 is 2.00 bits per heavy atom. The number of ether oxygens (including phenoxy) is 1. The number of Topliss-reactive ketones (excluding diaryl/α,β-unsaturated/α-hetero) is 1. The van der Waals surface area contributed by atoms with Crippen molar-refractivity contribution < 1.29 is 23.7 Å². The smallest absolute Gasteiger partial charge is 0.338 e. The number of nitro benzene ring substituents is 1. The van der Waals surface area contributed by atoms with Crippen LogP contribution in [-0.2, 0) is 4.74 Å². The molecule has 8 nitrogen and oxygen atoms in total. The maximum Gasteiger partial charge on any atom is 0.338 e. The number of benzene rings is 2. The van der Waals surface area contributed by atoms with Crippen molar-refractivity contribution in [2.45, 2.75) is 0 Å². The molecule has 0 aliphatic carbocycles. The third kappa shape index (κ3) is 3.12. The zero-order valence-electron chi connectivity index (χ0n) is 12.2. The highest BCUT2D eigenvalue weighted by Gasteiger charge is 2.15. The SMILES string of the molecule is O=C(COC(=O)c1ccc2ocnc2c1)c1cccc([N+](=O)[O-])c1. The van der Waals surface area contributed by atoms with Crippen molar-refractivity contribution in [1.82, 2.24) is 4.98 Å². The molecule has 0 aliphatic heterocycles. The largest absolute Gasteiger partial charge is 0.454 e. The van der Waals surface area contributed by atoms with Crippen molar-refractivity contribution in [2.75, 3.05) is 6.61 Å². The number of nitrogens with zero attached hydrogens (tertiary/aromatic N) is 2. The van der Waals surface area contributed by atoms with Crippen LogP contribution in [0.4, 0.5) is 5.69 Å². The summed E-state index contributed by atoms with van der Waals surface area (Å²) in [7, 11) is 0. The first kappa shape index (κ1) is 15.3. The Balaban J connectivity index is 1.68. The molecule has 0 fully saturated rings. The van der Waals surface area contributed by atoms with E-state index in [9.17, 15) is 19.7 Å². The van der Waals surface area contributed by atoms with Crippen molar-refractivity contribution in [2.24, 2.45) is 0 Å². The number of carbonyl (C=O) groups excluding carboxylic acids is 2. The van der Waals surface area contributed by atoms with Gasteiger partial charge in [-0.1, -0.05) is 12.1 Å². The van der Waals surface area contributed by atoms with Crippen molar-refractivity contribution in [3.63, 3.8) is 0 Å². The van der Waals surface area contributed by atoms with E-state index in [0.717, 1.165) is 6.07 Å². The summed E-state index contributed by atoms with van der Waals surface area (Å²) in [6.45, 7) is -0.517. The first-order valence-corrected chi connectivity index (χ1v) is 6.82. The summed E-state index contributed by atoms with van der Waals surface area (Å²) in [6, 6.07) is 9.78. The number of non-ortho nitro benzene ring substituents is 1. The molecule has 8 heteroatoms. The minimum absolute atomic E-state index is 0.101. The second-order valence-electron chi connectivity index (χ2n) is 4.84. The van der Waals surface area contributed by atoms with Crippen molar-refractivity contribution in [3.05, 3.63) is 70.1 Å². The van der Waals surface area contributed by atoms with E-state index >= 15 is 0 Å². The van der Waals surface area contributed by atoms with Gasteiger partial charge in [-0.15, -0.1) is 0 Å². The Morgan fingerprint density at radius 1 is 1.17 bits per heavy atom. The number of rotatable bonds is 5. The van der Waals surface area contributed by atoms with Crippen molar-refractivity contribution >= 4 is 28.5 Å². The number of fused-ring (bicyclic) bond motifs is 1. The minimum atomic E-state index is -0.696. The number of esters is 1. The molecule has 0 N–H and O–H groups in total. The molecule has 0 unspecified atom stereocenters. The predicted molar refractivity (Wildman–Crippen MR) is 81.7 cm³/mol. The number of aromatic nitrogens is 1. The molecule has 120 valence electrons. The van der Waals surface area contributed by atoms with Gasteiger partial charge in [-0.3, -0.25) is 14.9 Å². The molecule has 0 bridgehead atoms. The lowest BCUT2D eigenvalue weighted by Gasteiger charge is -2.04. The van der Waals surface area contributed by atoms with Crippen LogP contribution in [0.25, 0.3) is 11.1 Å². The van der Waals surface area contributed by atoms with Gasteiger partial charge in [-0.25, -0.2) is 9.78 Å². The highest BCUT2D eigenvalue weighted by Crippen LogP contribution is 2.16. The van der Waals surface area contributed by atoms with Gasteiger partial charge in [0.1, 0.15) is 5.52 Å². The standard InChI is InChI=1S/C16H10N2O6/c19-14(10-2-1-3-12(6-10)18(21)22)8-23-16(20)11-4-5-15-13(7-11)17-9-24-15/h1-7,9H,8H2. The second-order valence-corrected chi connectivity index (χ2v) is 4.84. The molecule has 0 amide bonds. The molecular formula is C16H10N2O6. The Bertz CT molecular complexity index is 946. The Morgan fingerprint density at radius 3 is 2.79 bits per heavy atom. The molecule has 1 aromatic heterocycles. The molecule has 2 aromatic carbocycles. The van der Waals surface area contributed by atoms with Gasteiger partial charge < -0.3 is 9.15 Å². The number of oxazole rings is 1. The first-order valence-electron chi connectivity index (χ1n) is 6.82. The molecule has 0 aliphatic rings. The molecule has 1 heterocycles. The number of ketones is 1. The molecular weight excluding hydrogens is 316 g/mol. The second kappa shape index (κ2) is 6.29. The summed E-state index contributed by atoms with van der Waals surface area (Å²) in [6.07, 6.45) is 1.26. The molecule has 0 atom stereocenters. The van der Waals surface area contributed by atoms with E-state index in [0.29, 0.717) is 11.1 Å². The Kier molecular flexibility index (Phi) is 4.02. The van der Waals surface area contributed by atoms with Gasteiger partial charge in [-0.05, 0) is 18.2 Å². The quantitative estimate of drug-likeness (QED) is 0.306. The zero-order chi connectivity index (χ0) is 17.1. The van der Waals surface area contributed by atoms with Crippen LogP contribution >= 0.6 is 0 Å². The van der Waals surface area contributed by atoms with E-state index in [1.165, 1.54) is 36.7 Å². The van der Waals surface area contributed by atoms with Gasteiger partial charge in [0.25, 0.3) is 5.69 Å². The highest BCUT2D eigenvalue weighted by atomic mass is 16.6. The van der Waals surface area contributed by atoms with Gasteiger partial charge in [-0.2, -0.15) is 0 Å². The van der Waals surface area contributed by atoms with Crippen LogP contribution in [-0.4, -0.2) is 28.3 Å². The molecule has 24 heavy (non-hydrogen) atoms. The van der Waals surface area contributed by atoms with Crippen LogP contribution in [0, 0.1) is 10.1 Å².